The molecule has 0 aliphatic carbocycles. The van der Waals surface area contributed by atoms with E-state index in [0.717, 1.165) is 5.03 Å². The van der Waals surface area contributed by atoms with Crippen LogP contribution in [0.4, 0.5) is 5.69 Å². The average molecular weight is 178 g/mol. The molecule has 0 bridgehead atoms. The van der Waals surface area contributed by atoms with Crippen LogP contribution in [0.5, 0.6) is 0 Å². The highest BCUT2D eigenvalue weighted by Gasteiger charge is 1.99. The van der Waals surface area contributed by atoms with Crippen LogP contribution < -0.4 is 0 Å². The third-order valence-electron chi connectivity index (χ3n) is 1.20. The van der Waals surface area contributed by atoms with Gasteiger partial charge >= 0.3 is 0 Å². The van der Waals surface area contributed by atoms with Gasteiger partial charge in [0.15, 0.2) is 5.69 Å². The van der Waals surface area contributed by atoms with Crippen LogP contribution in [0.25, 0.3) is 4.85 Å². The zero-order valence-electron chi connectivity index (χ0n) is 7.11. The molecule has 0 saturated carbocycles. The number of nitrogens with zero attached hydrogens (tertiary/aromatic N) is 2. The van der Waals surface area contributed by atoms with Crippen molar-refractivity contribution >= 4 is 17.4 Å². The van der Waals surface area contributed by atoms with Crippen LogP contribution in [0.15, 0.2) is 23.4 Å². The van der Waals surface area contributed by atoms with Gasteiger partial charge in [0.25, 0.3) is 0 Å². The molecular weight excluding hydrogens is 168 g/mol. The van der Waals surface area contributed by atoms with E-state index < -0.39 is 0 Å². The number of aromatic nitrogens is 1. The topological polar surface area (TPSA) is 17.2 Å². The van der Waals surface area contributed by atoms with Gasteiger partial charge in [-0.15, -0.1) is 11.8 Å². The Bertz CT molecular complexity index is 302. The van der Waals surface area contributed by atoms with Crippen LogP contribution >= 0.6 is 11.8 Å². The molecule has 1 heterocycles. The largest absolute Gasteiger partial charge is 0.253 e. The lowest BCUT2D eigenvalue weighted by molar-refractivity contribution is 1.07. The lowest BCUT2D eigenvalue weighted by Crippen LogP contribution is -1.87. The minimum Gasteiger partial charge on any atom is -0.253 e. The molecule has 62 valence electrons. The summed E-state index contributed by atoms with van der Waals surface area (Å²) >= 11 is 1.67. The van der Waals surface area contributed by atoms with E-state index >= 15 is 0 Å². The van der Waals surface area contributed by atoms with Crippen molar-refractivity contribution < 1.29 is 0 Å². The first kappa shape index (κ1) is 9.08. The predicted molar refractivity (Wildman–Crippen MR) is 51.5 cm³/mol. The van der Waals surface area contributed by atoms with E-state index in [2.05, 4.69) is 23.7 Å². The van der Waals surface area contributed by atoms with E-state index in [0.29, 0.717) is 10.9 Å². The lowest BCUT2D eigenvalue weighted by atomic mass is 10.4. The van der Waals surface area contributed by atoms with Crippen LogP contribution in [0.2, 0.25) is 0 Å². The van der Waals surface area contributed by atoms with Crippen LogP contribution in [-0.4, -0.2) is 10.2 Å². The Morgan fingerprint density at radius 3 is 2.92 bits per heavy atom. The van der Waals surface area contributed by atoms with Crippen LogP contribution in [-0.2, 0) is 0 Å². The highest BCUT2D eigenvalue weighted by atomic mass is 32.2. The number of rotatable bonds is 2. The Hall–Kier alpha value is -1.01. The maximum absolute atomic E-state index is 6.81. The highest BCUT2D eigenvalue weighted by molar-refractivity contribution is 7.99. The molecule has 0 spiro atoms. The van der Waals surface area contributed by atoms with Crippen molar-refractivity contribution in [1.82, 2.24) is 4.98 Å². The SMILES string of the molecule is [C-]#[N+]c1ccnc(SC(C)C)c1. The zero-order chi connectivity index (χ0) is 8.97. The van der Waals surface area contributed by atoms with Gasteiger partial charge in [0.1, 0.15) is 0 Å². The van der Waals surface area contributed by atoms with E-state index in [9.17, 15) is 0 Å². The second-order valence-electron chi connectivity index (χ2n) is 2.63. The van der Waals surface area contributed by atoms with Crippen molar-refractivity contribution in [3.8, 4) is 0 Å². The molecule has 0 N–H and O–H groups in total. The van der Waals surface area contributed by atoms with Gasteiger partial charge in [-0.05, 0) is 12.1 Å². The summed E-state index contributed by atoms with van der Waals surface area (Å²) in [5.41, 5.74) is 0.660. The lowest BCUT2D eigenvalue weighted by Gasteiger charge is -2.02. The van der Waals surface area contributed by atoms with Crippen LogP contribution in [0.3, 0.4) is 0 Å². The van der Waals surface area contributed by atoms with Gasteiger partial charge < -0.3 is 0 Å². The van der Waals surface area contributed by atoms with Crippen molar-refractivity contribution in [2.75, 3.05) is 0 Å². The van der Waals surface area contributed by atoms with E-state index in [1.807, 2.05) is 6.07 Å². The Balaban J connectivity index is 2.81. The predicted octanol–water partition coefficient (Wildman–Crippen LogP) is 3.13. The monoisotopic (exact) mass is 178 g/mol. The summed E-state index contributed by atoms with van der Waals surface area (Å²) in [6.07, 6.45) is 1.68. The molecule has 1 rings (SSSR count). The molecule has 0 amide bonds. The first-order valence-electron chi connectivity index (χ1n) is 3.72. The fraction of sp³-hybridized carbons (Fsp3) is 0.333. The Kier molecular flexibility index (Phi) is 3.12. The van der Waals surface area contributed by atoms with Gasteiger partial charge in [0, 0.05) is 11.4 Å². The second-order valence-corrected chi connectivity index (χ2v) is 4.23. The first-order valence-corrected chi connectivity index (χ1v) is 4.60. The molecule has 0 radical (unpaired) electrons. The molecule has 0 fully saturated rings. The molecule has 3 heteroatoms. The molecular formula is C9H10N2S. The molecule has 1 aromatic heterocycles. The van der Waals surface area contributed by atoms with Gasteiger partial charge in [-0.3, -0.25) is 4.98 Å². The average Bonchev–Trinajstić information content (AvgIpc) is 2.03. The Labute approximate surface area is 76.8 Å². The minimum absolute atomic E-state index is 0.512. The molecule has 12 heavy (non-hydrogen) atoms. The van der Waals surface area contributed by atoms with Crippen molar-refractivity contribution in [2.45, 2.75) is 24.1 Å². The number of hydrogen-bond acceptors (Lipinski definition) is 2. The molecule has 2 nitrogen and oxygen atoms in total. The quantitative estimate of drug-likeness (QED) is 0.511. The summed E-state index contributed by atoms with van der Waals surface area (Å²) in [4.78, 5) is 7.48. The maximum atomic E-state index is 6.81. The van der Waals surface area contributed by atoms with E-state index in [1.165, 1.54) is 0 Å². The van der Waals surface area contributed by atoms with E-state index in [1.54, 1.807) is 24.0 Å². The molecule has 0 aliphatic rings. The number of pyridine rings is 1. The van der Waals surface area contributed by atoms with E-state index in [4.69, 9.17) is 6.57 Å². The standard InChI is InChI=1S/C9H10N2S/c1-7(2)12-9-6-8(10-3)4-5-11-9/h4-7H,1-2H3. The minimum atomic E-state index is 0.512. The third-order valence-corrected chi connectivity index (χ3v) is 2.14. The zero-order valence-corrected chi connectivity index (χ0v) is 7.93. The Morgan fingerprint density at radius 2 is 2.33 bits per heavy atom. The summed E-state index contributed by atoms with van der Waals surface area (Å²) in [5, 5.41) is 1.44. The fourth-order valence-corrected chi connectivity index (χ4v) is 1.57. The Morgan fingerprint density at radius 1 is 1.58 bits per heavy atom. The molecule has 0 unspecified atom stereocenters. The fourth-order valence-electron chi connectivity index (χ4n) is 0.774. The molecule has 0 atom stereocenters. The second kappa shape index (κ2) is 4.13. The summed E-state index contributed by atoms with van der Waals surface area (Å²) in [5.74, 6) is 0. The van der Waals surface area contributed by atoms with Crippen molar-refractivity contribution in [1.29, 1.82) is 0 Å². The van der Waals surface area contributed by atoms with Gasteiger partial charge in [0.05, 0.1) is 11.6 Å². The molecule has 0 aromatic carbocycles. The van der Waals surface area contributed by atoms with Crippen molar-refractivity contribution in [3.05, 3.63) is 29.7 Å². The third kappa shape index (κ3) is 2.55. The number of hydrogen-bond donors (Lipinski definition) is 0. The van der Waals surface area contributed by atoms with Gasteiger partial charge in [0.2, 0.25) is 0 Å². The summed E-state index contributed by atoms with van der Waals surface area (Å²) in [6.45, 7) is 11.0. The molecule has 0 aliphatic heterocycles. The first-order chi connectivity index (χ1) is 5.72. The van der Waals surface area contributed by atoms with Crippen LogP contribution in [0.1, 0.15) is 13.8 Å². The molecule has 0 saturated heterocycles. The summed E-state index contributed by atoms with van der Waals surface area (Å²) < 4.78 is 0. The summed E-state index contributed by atoms with van der Waals surface area (Å²) in [7, 11) is 0. The van der Waals surface area contributed by atoms with E-state index in [-0.39, 0.29) is 0 Å². The van der Waals surface area contributed by atoms with Gasteiger partial charge in [-0.1, -0.05) is 13.8 Å². The van der Waals surface area contributed by atoms with Crippen molar-refractivity contribution in [3.63, 3.8) is 0 Å². The maximum Gasteiger partial charge on any atom is 0.191 e. The highest BCUT2D eigenvalue weighted by Crippen LogP contribution is 2.23. The van der Waals surface area contributed by atoms with Gasteiger partial charge in [-0.25, -0.2) is 4.85 Å². The van der Waals surface area contributed by atoms with Crippen molar-refractivity contribution in [2.24, 2.45) is 0 Å². The number of thioether (sulfide) groups is 1. The normalized spacial score (nSPS) is 9.83. The van der Waals surface area contributed by atoms with Gasteiger partial charge in [-0.2, -0.15) is 0 Å². The van der Waals surface area contributed by atoms with Crippen LogP contribution in [0, 0.1) is 6.57 Å². The smallest absolute Gasteiger partial charge is 0.191 e. The molecule has 1 aromatic rings. The summed E-state index contributed by atoms with van der Waals surface area (Å²) in [6, 6.07) is 3.54.